The van der Waals surface area contributed by atoms with Gasteiger partial charge < -0.3 is 9.26 Å². The Morgan fingerprint density at radius 2 is 1.82 bits per heavy atom. The van der Waals surface area contributed by atoms with Crippen LogP contribution in [0.2, 0.25) is 0 Å². The number of ether oxygens (including phenoxy) is 1. The molecule has 2 atom stereocenters. The first-order chi connectivity index (χ1) is 8.24. The number of benzene rings is 2. The summed E-state index contributed by atoms with van der Waals surface area (Å²) in [6.07, 6.45) is 0. The molecule has 0 spiro atoms. The maximum Gasteiger partial charge on any atom is 0.119 e. The first kappa shape index (κ1) is 12.3. The van der Waals surface area contributed by atoms with Gasteiger partial charge in [-0.05, 0) is 28.5 Å². The van der Waals surface area contributed by atoms with Crippen molar-refractivity contribution in [2.75, 3.05) is 13.7 Å². The fourth-order valence-corrected chi connectivity index (χ4v) is 2.21. The minimum absolute atomic E-state index is 0.402. The molecule has 3 heteroatoms. The van der Waals surface area contributed by atoms with Gasteiger partial charge in [0.2, 0.25) is 0 Å². The van der Waals surface area contributed by atoms with Crippen molar-refractivity contribution in [3.63, 3.8) is 0 Å². The molecule has 0 aliphatic carbocycles. The maximum atomic E-state index is 5.22. The molecule has 0 bridgehead atoms. The lowest BCUT2D eigenvalue weighted by Gasteiger charge is -2.11. The van der Waals surface area contributed by atoms with Crippen molar-refractivity contribution >= 4 is 20.2 Å². The van der Waals surface area contributed by atoms with Gasteiger partial charge >= 0.3 is 0 Å². The lowest BCUT2D eigenvalue weighted by molar-refractivity contribution is 0.344. The highest BCUT2D eigenvalue weighted by Gasteiger charge is 2.06. The predicted octanol–water partition coefficient (Wildman–Crippen LogP) is 3.76. The predicted molar refractivity (Wildman–Crippen MR) is 74.6 cm³/mol. The average Bonchev–Trinajstić information content (AvgIpc) is 2.37. The number of methoxy groups -OCH3 is 1. The summed E-state index contributed by atoms with van der Waals surface area (Å²) in [6, 6.07) is 12.6. The molecular formula is C14H17O2P. The summed E-state index contributed by atoms with van der Waals surface area (Å²) < 4.78 is 10.3. The Morgan fingerprint density at radius 3 is 2.53 bits per heavy atom. The molecule has 0 aliphatic rings. The lowest BCUT2D eigenvalue weighted by atomic mass is 9.98. The van der Waals surface area contributed by atoms with E-state index in [0.717, 1.165) is 5.75 Å². The molecule has 17 heavy (non-hydrogen) atoms. The molecule has 2 aromatic rings. The maximum absolute atomic E-state index is 5.22. The van der Waals surface area contributed by atoms with E-state index in [-0.39, 0.29) is 0 Å². The third-order valence-electron chi connectivity index (χ3n) is 2.99. The Balaban J connectivity index is 2.37. The Labute approximate surface area is 104 Å². The smallest absolute Gasteiger partial charge is 0.119 e. The van der Waals surface area contributed by atoms with Crippen molar-refractivity contribution in [1.82, 2.24) is 0 Å². The van der Waals surface area contributed by atoms with Crippen molar-refractivity contribution in [3.8, 4) is 5.75 Å². The summed E-state index contributed by atoms with van der Waals surface area (Å²) in [4.78, 5) is 0. The van der Waals surface area contributed by atoms with Gasteiger partial charge in [-0.1, -0.05) is 31.2 Å². The van der Waals surface area contributed by atoms with E-state index in [1.54, 1.807) is 7.11 Å². The van der Waals surface area contributed by atoms with Crippen LogP contribution < -0.4 is 4.74 Å². The molecule has 90 valence electrons. The molecule has 0 amide bonds. The first-order valence-electron chi connectivity index (χ1n) is 5.64. The van der Waals surface area contributed by atoms with E-state index in [1.807, 2.05) is 6.07 Å². The summed E-state index contributed by atoms with van der Waals surface area (Å²) in [5, 5.41) is 2.44. The SMILES string of the molecule is COc1ccc2cc(C(C)COP)ccc2c1. The Morgan fingerprint density at radius 1 is 1.12 bits per heavy atom. The standard InChI is InChI=1S/C14H17O2P/c1-10(9-16-17)11-3-4-13-8-14(15-2)6-5-12(13)7-11/h3-8,10H,9,17H2,1-2H3. The van der Waals surface area contributed by atoms with E-state index < -0.39 is 0 Å². The Kier molecular flexibility index (Phi) is 3.98. The molecule has 2 nitrogen and oxygen atoms in total. The van der Waals surface area contributed by atoms with Gasteiger partial charge in [-0.2, -0.15) is 0 Å². The largest absolute Gasteiger partial charge is 0.497 e. The van der Waals surface area contributed by atoms with Gasteiger partial charge in [0.15, 0.2) is 0 Å². The normalized spacial score (nSPS) is 12.6. The highest BCUT2D eigenvalue weighted by Crippen LogP contribution is 2.25. The quantitative estimate of drug-likeness (QED) is 0.767. The topological polar surface area (TPSA) is 18.5 Å². The molecule has 2 rings (SSSR count). The molecule has 0 saturated heterocycles. The van der Waals surface area contributed by atoms with Crippen molar-refractivity contribution in [2.45, 2.75) is 12.8 Å². The number of rotatable bonds is 4. The summed E-state index contributed by atoms with van der Waals surface area (Å²) >= 11 is 0. The molecule has 0 heterocycles. The van der Waals surface area contributed by atoms with Gasteiger partial charge in [-0.15, -0.1) is 0 Å². The van der Waals surface area contributed by atoms with Crippen molar-refractivity contribution in [1.29, 1.82) is 0 Å². The summed E-state index contributed by atoms with van der Waals surface area (Å²) in [6.45, 7) is 2.88. The minimum atomic E-state index is 0.402. The fraction of sp³-hybridized carbons (Fsp3) is 0.286. The van der Waals surface area contributed by atoms with Crippen molar-refractivity contribution in [2.24, 2.45) is 0 Å². The molecule has 0 saturated carbocycles. The van der Waals surface area contributed by atoms with Gasteiger partial charge in [0.05, 0.1) is 13.7 Å². The van der Waals surface area contributed by atoms with Crippen molar-refractivity contribution in [3.05, 3.63) is 42.0 Å². The third-order valence-corrected chi connectivity index (χ3v) is 3.18. The van der Waals surface area contributed by atoms with Crippen LogP contribution in [0.25, 0.3) is 10.8 Å². The van der Waals surface area contributed by atoms with Crippen LogP contribution in [0, 0.1) is 0 Å². The Hall–Kier alpha value is -1.11. The molecular weight excluding hydrogens is 231 g/mol. The van der Waals surface area contributed by atoms with Crippen LogP contribution in [0.3, 0.4) is 0 Å². The van der Waals surface area contributed by atoms with Gasteiger partial charge in [0.1, 0.15) is 5.75 Å². The van der Waals surface area contributed by atoms with Crippen LogP contribution in [0.4, 0.5) is 0 Å². The second-order valence-electron chi connectivity index (χ2n) is 4.21. The molecule has 0 aliphatic heterocycles. The molecule has 0 radical (unpaired) electrons. The molecule has 2 unspecified atom stereocenters. The molecule has 2 aromatic carbocycles. The van der Waals surface area contributed by atoms with Crippen LogP contribution in [-0.4, -0.2) is 13.7 Å². The first-order valence-corrected chi connectivity index (χ1v) is 6.11. The van der Waals surface area contributed by atoms with Gasteiger partial charge in [0.25, 0.3) is 0 Å². The lowest BCUT2D eigenvalue weighted by Crippen LogP contribution is -1.99. The van der Waals surface area contributed by atoms with Gasteiger partial charge in [0, 0.05) is 15.4 Å². The van der Waals surface area contributed by atoms with Crippen molar-refractivity contribution < 1.29 is 9.26 Å². The number of fused-ring (bicyclic) bond motifs is 1. The second kappa shape index (κ2) is 5.48. The average molecular weight is 248 g/mol. The highest BCUT2D eigenvalue weighted by molar-refractivity contribution is 7.09. The van der Waals surface area contributed by atoms with Crippen LogP contribution >= 0.6 is 9.47 Å². The second-order valence-corrected chi connectivity index (χ2v) is 4.54. The van der Waals surface area contributed by atoms with E-state index in [9.17, 15) is 0 Å². The zero-order valence-electron chi connectivity index (χ0n) is 10.1. The van der Waals surface area contributed by atoms with Crippen LogP contribution in [0.15, 0.2) is 36.4 Å². The number of hydrogen-bond acceptors (Lipinski definition) is 2. The summed E-state index contributed by atoms with van der Waals surface area (Å²) in [5.41, 5.74) is 1.30. The van der Waals surface area contributed by atoms with E-state index in [4.69, 9.17) is 9.26 Å². The fourth-order valence-electron chi connectivity index (χ4n) is 1.92. The zero-order chi connectivity index (χ0) is 12.3. The van der Waals surface area contributed by atoms with Crippen LogP contribution in [-0.2, 0) is 4.52 Å². The van der Waals surface area contributed by atoms with E-state index >= 15 is 0 Å². The van der Waals surface area contributed by atoms with Gasteiger partial charge in [-0.3, -0.25) is 0 Å². The highest BCUT2D eigenvalue weighted by atomic mass is 31.0. The minimum Gasteiger partial charge on any atom is -0.497 e. The van der Waals surface area contributed by atoms with E-state index in [0.29, 0.717) is 12.5 Å². The van der Waals surface area contributed by atoms with E-state index in [2.05, 4.69) is 46.7 Å². The van der Waals surface area contributed by atoms with Crippen LogP contribution in [0.5, 0.6) is 5.75 Å². The molecule has 0 N–H and O–H groups in total. The van der Waals surface area contributed by atoms with Gasteiger partial charge in [-0.25, -0.2) is 0 Å². The Bertz CT molecular complexity index is 511. The molecule has 0 fully saturated rings. The summed E-state index contributed by atoms with van der Waals surface area (Å²) in [7, 11) is 3.99. The third kappa shape index (κ3) is 2.77. The van der Waals surface area contributed by atoms with E-state index in [1.165, 1.54) is 16.3 Å². The zero-order valence-corrected chi connectivity index (χ0v) is 11.3. The monoisotopic (exact) mass is 248 g/mol. The summed E-state index contributed by atoms with van der Waals surface area (Å²) in [5.74, 6) is 1.30. The number of hydrogen-bond donors (Lipinski definition) is 0. The molecule has 0 aromatic heterocycles. The van der Waals surface area contributed by atoms with Crippen LogP contribution in [0.1, 0.15) is 18.4 Å².